The van der Waals surface area contributed by atoms with Crippen LogP contribution in [0.1, 0.15) is 10.4 Å². The predicted molar refractivity (Wildman–Crippen MR) is 98.7 cm³/mol. The van der Waals surface area contributed by atoms with E-state index in [1.165, 1.54) is 12.1 Å². The number of carbonyl (C=O) groups is 1. The quantitative estimate of drug-likeness (QED) is 0.489. The highest BCUT2D eigenvalue weighted by atomic mass is 19.1. The van der Waals surface area contributed by atoms with Gasteiger partial charge in [0.2, 0.25) is 0 Å². The first-order valence-corrected chi connectivity index (χ1v) is 8.18. The van der Waals surface area contributed by atoms with E-state index < -0.39 is 0 Å². The molecule has 1 aliphatic rings. The highest BCUT2D eigenvalue weighted by molar-refractivity contribution is 6.32. The van der Waals surface area contributed by atoms with E-state index in [2.05, 4.69) is 4.98 Å². The average molecular weight is 344 g/mol. The van der Waals surface area contributed by atoms with Crippen molar-refractivity contribution in [3.63, 3.8) is 0 Å². The Kier molecular flexibility index (Phi) is 3.00. The summed E-state index contributed by atoms with van der Waals surface area (Å²) in [6, 6.07) is 17.2. The summed E-state index contributed by atoms with van der Waals surface area (Å²) in [5.41, 5.74) is 3.31. The molecule has 1 aliphatic heterocycles. The summed E-state index contributed by atoms with van der Waals surface area (Å²) in [6.45, 7) is 0. The molecule has 126 valence electrons. The van der Waals surface area contributed by atoms with Crippen molar-refractivity contribution in [2.24, 2.45) is 0 Å². The number of anilines is 2. The number of nitrogens with zero attached hydrogens (tertiary/aromatic N) is 2. The van der Waals surface area contributed by atoms with Crippen LogP contribution in [0.3, 0.4) is 0 Å². The van der Waals surface area contributed by atoms with Gasteiger partial charge in [-0.15, -0.1) is 0 Å². The molecule has 1 amide bonds. The minimum atomic E-state index is -0.386. The maximum Gasteiger partial charge on any atom is 0.264 e. The molecule has 4 nitrogen and oxygen atoms in total. The lowest BCUT2D eigenvalue weighted by Gasteiger charge is -2.18. The number of halogens is 1. The van der Waals surface area contributed by atoms with Crippen LogP contribution in [0, 0.1) is 5.82 Å². The molecule has 0 saturated heterocycles. The van der Waals surface area contributed by atoms with Gasteiger partial charge in [-0.05, 0) is 54.6 Å². The largest absolute Gasteiger partial charge is 0.497 e. The summed E-state index contributed by atoms with van der Waals surface area (Å²) < 4.78 is 19.0. The molecule has 0 saturated carbocycles. The second-order valence-electron chi connectivity index (χ2n) is 6.16. The Morgan fingerprint density at radius 1 is 1.00 bits per heavy atom. The molecule has 1 aromatic heterocycles. The molecule has 0 N–H and O–H groups in total. The van der Waals surface area contributed by atoms with Crippen molar-refractivity contribution in [2.75, 3.05) is 12.0 Å². The fraction of sp³-hybridized carbons (Fsp3) is 0.0476. The normalized spacial score (nSPS) is 13.0. The number of carbonyl (C=O) groups excluding carboxylic acids is 1. The molecular weight excluding hydrogens is 331 g/mol. The van der Waals surface area contributed by atoms with Crippen LogP contribution in [0.25, 0.3) is 21.8 Å². The Bertz CT molecular complexity index is 1200. The number of hydrogen-bond acceptors (Lipinski definition) is 3. The Balaban J connectivity index is 1.82. The van der Waals surface area contributed by atoms with Crippen LogP contribution in [-0.4, -0.2) is 18.0 Å². The summed E-state index contributed by atoms with van der Waals surface area (Å²) in [5, 5.41) is 1.29. The molecule has 2 heterocycles. The van der Waals surface area contributed by atoms with Crippen LogP contribution < -0.4 is 9.64 Å². The molecule has 0 aliphatic carbocycles. The lowest BCUT2D eigenvalue weighted by atomic mass is 10.0. The first-order chi connectivity index (χ1) is 12.7. The van der Waals surface area contributed by atoms with Crippen molar-refractivity contribution in [2.45, 2.75) is 0 Å². The summed E-state index contributed by atoms with van der Waals surface area (Å²) in [5.74, 6) is 0.146. The maximum atomic E-state index is 13.8. The third-order valence-corrected chi connectivity index (χ3v) is 4.73. The smallest absolute Gasteiger partial charge is 0.264 e. The van der Waals surface area contributed by atoms with E-state index in [1.807, 2.05) is 42.5 Å². The number of amides is 1. The van der Waals surface area contributed by atoms with Crippen LogP contribution >= 0.6 is 0 Å². The number of rotatable bonds is 2. The van der Waals surface area contributed by atoms with E-state index in [4.69, 9.17) is 4.74 Å². The second kappa shape index (κ2) is 5.26. The Labute approximate surface area is 148 Å². The monoisotopic (exact) mass is 344 g/mol. The second-order valence-corrected chi connectivity index (χ2v) is 6.16. The van der Waals surface area contributed by atoms with Gasteiger partial charge >= 0.3 is 0 Å². The first kappa shape index (κ1) is 14.8. The van der Waals surface area contributed by atoms with Gasteiger partial charge in [-0.25, -0.2) is 9.37 Å². The van der Waals surface area contributed by atoms with Crippen molar-refractivity contribution in [1.82, 2.24) is 4.98 Å². The summed E-state index contributed by atoms with van der Waals surface area (Å²) in [4.78, 5) is 19.5. The van der Waals surface area contributed by atoms with Crippen molar-refractivity contribution in [1.29, 1.82) is 0 Å². The van der Waals surface area contributed by atoms with Gasteiger partial charge < -0.3 is 4.74 Å². The number of aromatic nitrogens is 1. The van der Waals surface area contributed by atoms with E-state index in [0.717, 1.165) is 22.3 Å². The summed E-state index contributed by atoms with van der Waals surface area (Å²) >= 11 is 0. The highest BCUT2D eigenvalue weighted by Gasteiger charge is 2.33. The molecule has 0 spiro atoms. The molecule has 0 unspecified atom stereocenters. The molecular formula is C21H13FN2O2. The Morgan fingerprint density at radius 2 is 1.81 bits per heavy atom. The maximum absolute atomic E-state index is 13.8. The average Bonchev–Trinajstić information content (AvgIpc) is 2.96. The van der Waals surface area contributed by atoms with Gasteiger partial charge in [0.1, 0.15) is 11.6 Å². The Hall–Kier alpha value is -3.47. The molecule has 5 heteroatoms. The summed E-state index contributed by atoms with van der Waals surface area (Å²) in [6.07, 6.45) is 0. The van der Waals surface area contributed by atoms with E-state index in [-0.39, 0.29) is 11.7 Å². The Morgan fingerprint density at radius 3 is 2.58 bits per heavy atom. The molecule has 5 rings (SSSR count). The lowest BCUT2D eigenvalue weighted by Crippen LogP contribution is -2.21. The van der Waals surface area contributed by atoms with E-state index in [9.17, 15) is 9.18 Å². The van der Waals surface area contributed by atoms with Crippen molar-refractivity contribution in [3.8, 4) is 5.75 Å². The van der Waals surface area contributed by atoms with Crippen LogP contribution in [0.4, 0.5) is 15.8 Å². The lowest BCUT2D eigenvalue weighted by molar-refractivity contribution is 0.101. The molecule has 4 aromatic rings. The number of hydrogen-bond donors (Lipinski definition) is 0. The highest BCUT2D eigenvalue weighted by Crippen LogP contribution is 2.43. The number of benzene rings is 3. The molecule has 0 radical (unpaired) electrons. The number of ether oxygens (including phenoxy) is 1. The topological polar surface area (TPSA) is 42.4 Å². The van der Waals surface area contributed by atoms with E-state index >= 15 is 0 Å². The van der Waals surface area contributed by atoms with E-state index in [0.29, 0.717) is 22.2 Å². The molecule has 0 bridgehead atoms. The zero-order valence-electron chi connectivity index (χ0n) is 13.9. The number of pyridine rings is 1. The third kappa shape index (κ3) is 1.94. The van der Waals surface area contributed by atoms with Gasteiger partial charge in [0.05, 0.1) is 29.4 Å². The van der Waals surface area contributed by atoms with Gasteiger partial charge in [-0.1, -0.05) is 6.07 Å². The SMILES string of the molecule is COc1ccc(N2C(=O)c3c4cc(F)ccc4nc4cccc2c34)cc1. The van der Waals surface area contributed by atoms with Crippen LogP contribution in [-0.2, 0) is 0 Å². The van der Waals surface area contributed by atoms with Gasteiger partial charge in [0, 0.05) is 16.5 Å². The van der Waals surface area contributed by atoms with Gasteiger partial charge in [0.25, 0.3) is 5.91 Å². The fourth-order valence-corrected chi connectivity index (χ4v) is 3.57. The first-order valence-electron chi connectivity index (χ1n) is 8.18. The van der Waals surface area contributed by atoms with Crippen molar-refractivity contribution < 1.29 is 13.9 Å². The van der Waals surface area contributed by atoms with Crippen LogP contribution in [0.2, 0.25) is 0 Å². The zero-order valence-corrected chi connectivity index (χ0v) is 13.9. The molecule has 26 heavy (non-hydrogen) atoms. The minimum Gasteiger partial charge on any atom is -0.497 e. The van der Waals surface area contributed by atoms with E-state index in [1.54, 1.807) is 18.1 Å². The van der Waals surface area contributed by atoms with Gasteiger partial charge in [-0.2, -0.15) is 0 Å². The number of methoxy groups -OCH3 is 1. The van der Waals surface area contributed by atoms with Crippen LogP contribution in [0.5, 0.6) is 5.75 Å². The number of fused-ring (bicyclic) bond motifs is 2. The van der Waals surface area contributed by atoms with Gasteiger partial charge in [-0.3, -0.25) is 9.69 Å². The van der Waals surface area contributed by atoms with Crippen molar-refractivity contribution in [3.05, 3.63) is 72.0 Å². The summed E-state index contributed by atoms with van der Waals surface area (Å²) in [7, 11) is 1.60. The molecule has 0 fully saturated rings. The standard InChI is InChI=1S/C21H13FN2O2/c1-26-14-8-6-13(7-9-14)24-18-4-2-3-17-20(18)19(21(24)25)15-11-12(22)5-10-16(15)23-17/h2-11H,1H3. The third-order valence-electron chi connectivity index (χ3n) is 4.73. The zero-order chi connectivity index (χ0) is 17.8. The predicted octanol–water partition coefficient (Wildman–Crippen LogP) is 4.83. The molecule has 3 aromatic carbocycles. The van der Waals surface area contributed by atoms with Crippen LogP contribution in [0.15, 0.2) is 60.7 Å². The van der Waals surface area contributed by atoms with Crippen molar-refractivity contribution >= 4 is 39.1 Å². The fourth-order valence-electron chi connectivity index (χ4n) is 3.57. The molecule has 0 atom stereocenters. The van der Waals surface area contributed by atoms with Gasteiger partial charge in [0.15, 0.2) is 0 Å². The minimum absolute atomic E-state index is 0.181.